The first kappa shape index (κ1) is 19.8. The van der Waals surface area contributed by atoms with Crippen molar-refractivity contribution in [2.24, 2.45) is 15.5 Å². The predicted octanol–water partition coefficient (Wildman–Crippen LogP) is 2.89. The van der Waals surface area contributed by atoms with Gasteiger partial charge in [0.05, 0.1) is 35.7 Å². The molecule has 0 atom stereocenters. The second kappa shape index (κ2) is 10.4. The summed E-state index contributed by atoms with van der Waals surface area (Å²) in [6.45, 7) is 1.61. The lowest BCUT2D eigenvalue weighted by atomic mass is 10.4. The number of aromatic nitrogens is 3. The summed E-state index contributed by atoms with van der Waals surface area (Å²) in [6.07, 6.45) is 9.30. The Bertz CT molecular complexity index is 830. The van der Waals surface area contributed by atoms with E-state index in [1.807, 2.05) is 36.4 Å². The predicted molar refractivity (Wildman–Crippen MR) is 110 cm³/mol. The van der Waals surface area contributed by atoms with Gasteiger partial charge in [-0.1, -0.05) is 18.2 Å². The molecule has 0 unspecified atom stereocenters. The number of oxime groups is 3. The van der Waals surface area contributed by atoms with Crippen LogP contribution in [0.25, 0.3) is 0 Å². The van der Waals surface area contributed by atoms with Crippen LogP contribution in [0.15, 0.2) is 88.7 Å². The summed E-state index contributed by atoms with van der Waals surface area (Å²) >= 11 is 0. The van der Waals surface area contributed by atoms with E-state index in [-0.39, 0.29) is 0 Å². The van der Waals surface area contributed by atoms with Gasteiger partial charge in [-0.15, -0.1) is 15.5 Å². The average molecular weight is 406 g/mol. The largest absolute Gasteiger partial charge is 0.759 e. The minimum atomic E-state index is -3.39. The number of rotatable bonds is 9. The van der Waals surface area contributed by atoms with Crippen LogP contribution in [0.3, 0.4) is 0 Å². The minimum absolute atomic E-state index is 0.623. The van der Waals surface area contributed by atoms with Crippen molar-refractivity contribution in [3.05, 3.63) is 90.3 Å². The highest BCUT2D eigenvalue weighted by Gasteiger charge is 2.45. The molecule has 10 heteroatoms. The zero-order chi connectivity index (χ0) is 20.2. The molecule has 0 aliphatic rings. The van der Waals surface area contributed by atoms with E-state index in [1.165, 1.54) is 18.6 Å². The number of hydrogen-bond acceptors (Lipinski definition) is 9. The molecule has 0 aromatic carbocycles. The lowest BCUT2D eigenvalue weighted by Gasteiger charge is -2.16. The Morgan fingerprint density at radius 3 is 1.24 bits per heavy atom. The molecule has 0 N–H and O–H groups in total. The third-order valence-corrected chi connectivity index (χ3v) is 4.58. The molecule has 0 amide bonds. The fourth-order valence-electron chi connectivity index (χ4n) is 1.94. The molecule has 3 rings (SSSR count). The van der Waals surface area contributed by atoms with Gasteiger partial charge in [0.15, 0.2) is 0 Å². The molecule has 0 bridgehead atoms. The van der Waals surface area contributed by atoms with Crippen molar-refractivity contribution in [1.82, 2.24) is 15.0 Å². The summed E-state index contributed by atoms with van der Waals surface area (Å²) in [5.41, 5.74) is 1.87. The van der Waals surface area contributed by atoms with Gasteiger partial charge in [-0.2, -0.15) is 0 Å². The van der Waals surface area contributed by atoms with Gasteiger partial charge in [0.1, 0.15) is 0 Å². The molecule has 9 nitrogen and oxygen atoms in total. The second-order valence-electron chi connectivity index (χ2n) is 5.60. The Balaban J connectivity index is 1.67. The van der Waals surface area contributed by atoms with Crippen LogP contribution in [0.2, 0.25) is 6.55 Å². The van der Waals surface area contributed by atoms with Crippen molar-refractivity contribution >= 4 is 27.4 Å². The third kappa shape index (κ3) is 6.95. The van der Waals surface area contributed by atoms with Gasteiger partial charge in [0.2, 0.25) is 0 Å². The summed E-state index contributed by atoms with van der Waals surface area (Å²) in [6, 6.07) is 16.3. The van der Waals surface area contributed by atoms with Crippen LogP contribution in [-0.2, 0) is 13.6 Å². The molecule has 3 aromatic heterocycles. The van der Waals surface area contributed by atoms with Gasteiger partial charge in [-0.25, -0.2) is 0 Å². The summed E-state index contributed by atoms with van der Waals surface area (Å²) in [5.74, 6) is 0. The van der Waals surface area contributed by atoms with E-state index < -0.39 is 8.80 Å². The van der Waals surface area contributed by atoms with E-state index >= 15 is 0 Å². The van der Waals surface area contributed by atoms with E-state index in [9.17, 15) is 0 Å². The average Bonchev–Trinajstić information content (AvgIpc) is 2.76. The molecule has 0 fully saturated rings. The molecule has 3 heterocycles. The quantitative estimate of drug-likeness (QED) is 0.307. The summed E-state index contributed by atoms with van der Waals surface area (Å²) in [7, 11) is -3.39. The number of hydrogen-bond donors (Lipinski definition) is 0. The highest BCUT2D eigenvalue weighted by Crippen LogP contribution is 2.11. The maximum Gasteiger partial charge on any atom is 0.759 e. The van der Waals surface area contributed by atoms with E-state index in [0.29, 0.717) is 17.1 Å². The van der Waals surface area contributed by atoms with E-state index in [0.717, 1.165) is 0 Å². The molecule has 3 aromatic rings. The highest BCUT2D eigenvalue weighted by atomic mass is 28.4. The molecule has 0 aliphatic carbocycles. The maximum absolute atomic E-state index is 5.47. The van der Waals surface area contributed by atoms with Gasteiger partial charge in [-0.3, -0.25) is 15.0 Å². The summed E-state index contributed by atoms with van der Waals surface area (Å²) in [4.78, 5) is 12.4. The topological polar surface area (TPSA) is 103 Å². The monoisotopic (exact) mass is 406 g/mol. The molecule has 0 spiro atoms. The van der Waals surface area contributed by atoms with E-state index in [1.54, 1.807) is 43.3 Å². The van der Waals surface area contributed by atoms with E-state index in [2.05, 4.69) is 30.4 Å². The molecule has 0 aliphatic heterocycles. The summed E-state index contributed by atoms with van der Waals surface area (Å²) in [5, 5.41) is 11.7. The lowest BCUT2D eigenvalue weighted by Crippen LogP contribution is -2.38. The Labute approximate surface area is 168 Å². The first-order chi connectivity index (χ1) is 14.2. The van der Waals surface area contributed by atoms with Gasteiger partial charge >= 0.3 is 8.80 Å². The molecule has 29 heavy (non-hydrogen) atoms. The molecule has 0 radical (unpaired) electrons. The van der Waals surface area contributed by atoms with Crippen LogP contribution in [-0.4, -0.2) is 42.4 Å². The standard InChI is InChI=1S/C19H18N6O3Si/c1-29(26-23-14-17-8-2-5-11-20-17,27-24-15-18-9-3-6-12-21-18)28-25-16-19-10-4-7-13-22-19/h2-16H,1H3/b23-14+,24-15+,25-16+. The second-order valence-corrected chi connectivity index (χ2v) is 7.88. The van der Waals surface area contributed by atoms with Crippen molar-refractivity contribution in [3.8, 4) is 0 Å². The SMILES string of the molecule is C[Si](O/N=C/c1ccccn1)(O/N=C/c1ccccn1)O/N=C/c1ccccn1. The maximum atomic E-state index is 5.47. The zero-order valence-corrected chi connectivity index (χ0v) is 16.6. The minimum Gasteiger partial charge on any atom is -0.373 e. The third-order valence-electron chi connectivity index (χ3n) is 3.27. The Kier molecular flexibility index (Phi) is 7.13. The van der Waals surface area contributed by atoms with Crippen LogP contribution in [0.4, 0.5) is 0 Å². The van der Waals surface area contributed by atoms with Crippen molar-refractivity contribution in [3.63, 3.8) is 0 Å². The fourth-order valence-corrected chi connectivity index (χ4v) is 2.77. The smallest absolute Gasteiger partial charge is 0.373 e. The first-order valence-electron chi connectivity index (χ1n) is 8.61. The normalized spacial score (nSPS) is 11.9. The van der Waals surface area contributed by atoms with Crippen LogP contribution in [0.1, 0.15) is 17.1 Å². The molecule has 146 valence electrons. The van der Waals surface area contributed by atoms with Crippen LogP contribution in [0, 0.1) is 0 Å². The van der Waals surface area contributed by atoms with Gasteiger partial charge in [0, 0.05) is 25.1 Å². The van der Waals surface area contributed by atoms with Crippen LogP contribution < -0.4 is 0 Å². The van der Waals surface area contributed by atoms with E-state index in [4.69, 9.17) is 13.6 Å². The first-order valence-corrected chi connectivity index (χ1v) is 10.8. The van der Waals surface area contributed by atoms with Gasteiger partial charge in [0.25, 0.3) is 0 Å². The molecular formula is C19H18N6O3Si. The Morgan fingerprint density at radius 2 is 0.966 bits per heavy atom. The Hall–Kier alpha value is -3.92. The van der Waals surface area contributed by atoms with Crippen molar-refractivity contribution < 1.29 is 13.6 Å². The van der Waals surface area contributed by atoms with Gasteiger partial charge in [-0.05, 0) is 36.4 Å². The fraction of sp³-hybridized carbons (Fsp3) is 0.0526. The van der Waals surface area contributed by atoms with Crippen molar-refractivity contribution in [2.45, 2.75) is 6.55 Å². The van der Waals surface area contributed by atoms with Crippen molar-refractivity contribution in [2.75, 3.05) is 0 Å². The van der Waals surface area contributed by atoms with Crippen LogP contribution >= 0.6 is 0 Å². The van der Waals surface area contributed by atoms with Crippen LogP contribution in [0.5, 0.6) is 0 Å². The highest BCUT2D eigenvalue weighted by molar-refractivity contribution is 6.59. The van der Waals surface area contributed by atoms with Gasteiger partial charge < -0.3 is 13.6 Å². The number of pyridine rings is 3. The lowest BCUT2D eigenvalue weighted by molar-refractivity contribution is 0.0747. The van der Waals surface area contributed by atoms with Crippen molar-refractivity contribution in [1.29, 1.82) is 0 Å². The molecule has 0 saturated carbocycles. The number of nitrogens with zero attached hydrogens (tertiary/aromatic N) is 6. The summed E-state index contributed by atoms with van der Waals surface area (Å²) < 4.78 is 16.4. The zero-order valence-electron chi connectivity index (χ0n) is 15.6. The molecule has 0 saturated heterocycles. The molecular weight excluding hydrogens is 388 g/mol. The Morgan fingerprint density at radius 1 is 0.621 bits per heavy atom.